The zero-order chi connectivity index (χ0) is 20.1. The van der Waals surface area contributed by atoms with Crippen molar-refractivity contribution in [3.63, 3.8) is 0 Å². The summed E-state index contributed by atoms with van der Waals surface area (Å²) in [6, 6.07) is 4.81. The highest BCUT2D eigenvalue weighted by atomic mass is 16.5. The number of nitrogens with zero attached hydrogens (tertiary/aromatic N) is 1. The molecule has 4 heteroatoms. The fraction of sp³-hybridized carbons (Fsp3) is 0.720. The second kappa shape index (κ2) is 5.78. The molecule has 0 aromatic heterocycles. The van der Waals surface area contributed by atoms with E-state index in [-0.39, 0.29) is 16.9 Å². The summed E-state index contributed by atoms with van der Waals surface area (Å²) in [5.74, 6) is 3.63. The molecule has 5 atom stereocenters. The Bertz CT molecular complexity index is 888. The number of methoxy groups -OCH3 is 1. The number of hydrogen-bond acceptors (Lipinski definition) is 4. The van der Waals surface area contributed by atoms with E-state index in [4.69, 9.17) is 9.47 Å². The van der Waals surface area contributed by atoms with Crippen LogP contribution in [-0.4, -0.2) is 43.0 Å². The third kappa shape index (κ3) is 2.07. The molecule has 4 nitrogen and oxygen atoms in total. The molecule has 0 amide bonds. The SMILES string of the molecule is COc1ccc2c3c1O[C@H]1C(=O)C(C)(C)[C@H](C)[C@H]4[C@@H](C2)N(CC2CCC2)CC[C@@]341. The summed E-state index contributed by atoms with van der Waals surface area (Å²) < 4.78 is 12.2. The van der Waals surface area contributed by atoms with Crippen LogP contribution in [0.2, 0.25) is 0 Å². The van der Waals surface area contributed by atoms with E-state index in [1.54, 1.807) is 7.11 Å². The summed E-state index contributed by atoms with van der Waals surface area (Å²) in [4.78, 5) is 16.5. The maximum atomic E-state index is 13.7. The summed E-state index contributed by atoms with van der Waals surface area (Å²) in [6.45, 7) is 8.97. The number of carbonyl (C=O) groups excluding carboxylic acids is 1. The molecule has 3 fully saturated rings. The number of likely N-dealkylation sites (tertiary alicyclic amines) is 1. The zero-order valence-electron chi connectivity index (χ0n) is 18.2. The Kier molecular flexibility index (Phi) is 3.63. The summed E-state index contributed by atoms with van der Waals surface area (Å²) in [6.07, 6.45) is 5.94. The first-order valence-electron chi connectivity index (χ1n) is 11.5. The first kappa shape index (κ1) is 18.2. The lowest BCUT2D eigenvalue weighted by Crippen LogP contribution is -2.72. The van der Waals surface area contributed by atoms with Crippen LogP contribution in [0, 0.1) is 23.2 Å². The lowest BCUT2D eigenvalue weighted by molar-refractivity contribution is -0.163. The fourth-order valence-corrected chi connectivity index (χ4v) is 7.54. The molecule has 6 rings (SSSR count). The molecule has 2 bridgehead atoms. The molecule has 2 aliphatic heterocycles. The maximum absolute atomic E-state index is 13.7. The van der Waals surface area contributed by atoms with Crippen LogP contribution in [0.15, 0.2) is 12.1 Å². The van der Waals surface area contributed by atoms with Gasteiger partial charge in [-0.15, -0.1) is 0 Å². The predicted octanol–water partition coefficient (Wildman–Crippen LogP) is 3.99. The van der Waals surface area contributed by atoms with E-state index in [2.05, 4.69) is 31.7 Å². The van der Waals surface area contributed by atoms with E-state index in [1.165, 1.54) is 36.9 Å². The van der Waals surface area contributed by atoms with Crippen LogP contribution in [0.5, 0.6) is 11.5 Å². The minimum Gasteiger partial charge on any atom is -0.493 e. The molecule has 0 N–H and O–H groups in total. The minimum absolute atomic E-state index is 0.162. The molecule has 1 aromatic rings. The monoisotopic (exact) mass is 395 g/mol. The lowest BCUT2D eigenvalue weighted by Gasteiger charge is -2.63. The van der Waals surface area contributed by atoms with Crippen molar-refractivity contribution in [3.8, 4) is 11.5 Å². The van der Waals surface area contributed by atoms with Gasteiger partial charge in [-0.25, -0.2) is 0 Å². The highest BCUT2D eigenvalue weighted by molar-refractivity contribution is 5.93. The number of piperidine rings is 1. The van der Waals surface area contributed by atoms with Gasteiger partial charge in [-0.3, -0.25) is 9.69 Å². The Balaban J connectivity index is 1.54. The Labute approximate surface area is 173 Å². The van der Waals surface area contributed by atoms with Gasteiger partial charge in [0.2, 0.25) is 0 Å². The molecule has 0 unspecified atom stereocenters. The molecular formula is C25H33NO3. The van der Waals surface area contributed by atoms with E-state index >= 15 is 0 Å². The molecular weight excluding hydrogens is 362 g/mol. The first-order chi connectivity index (χ1) is 13.9. The Hall–Kier alpha value is -1.55. The first-order valence-corrected chi connectivity index (χ1v) is 11.5. The number of ether oxygens (including phenoxy) is 2. The molecule has 1 aromatic carbocycles. The number of carbonyl (C=O) groups is 1. The average molecular weight is 396 g/mol. The number of Topliss-reactive ketones (excluding diaryl/α,β-unsaturated/α-hetero) is 1. The van der Waals surface area contributed by atoms with Gasteiger partial charge in [0.15, 0.2) is 23.4 Å². The van der Waals surface area contributed by atoms with Crippen LogP contribution in [0.1, 0.15) is 57.6 Å². The molecule has 29 heavy (non-hydrogen) atoms. The van der Waals surface area contributed by atoms with Crippen molar-refractivity contribution in [1.29, 1.82) is 0 Å². The second-order valence-corrected chi connectivity index (χ2v) is 10.9. The highest BCUT2D eigenvalue weighted by Crippen LogP contribution is 2.67. The van der Waals surface area contributed by atoms with Crippen molar-refractivity contribution in [2.45, 2.75) is 70.4 Å². The van der Waals surface area contributed by atoms with Gasteiger partial charge in [0.05, 0.1) is 7.11 Å². The van der Waals surface area contributed by atoms with Crippen molar-refractivity contribution in [3.05, 3.63) is 23.3 Å². The lowest BCUT2D eigenvalue weighted by atomic mass is 9.44. The van der Waals surface area contributed by atoms with E-state index < -0.39 is 0 Å². The summed E-state index contributed by atoms with van der Waals surface area (Å²) in [5, 5.41) is 0. The largest absolute Gasteiger partial charge is 0.493 e. The summed E-state index contributed by atoms with van der Waals surface area (Å²) >= 11 is 0. The minimum atomic E-state index is -0.358. The van der Waals surface area contributed by atoms with E-state index in [1.807, 2.05) is 6.07 Å². The van der Waals surface area contributed by atoms with Crippen LogP contribution < -0.4 is 9.47 Å². The molecule has 2 heterocycles. The Morgan fingerprint density at radius 3 is 2.76 bits per heavy atom. The number of hydrogen-bond donors (Lipinski definition) is 0. The molecule has 3 aliphatic carbocycles. The third-order valence-electron chi connectivity index (χ3n) is 9.58. The van der Waals surface area contributed by atoms with Gasteiger partial charge in [-0.2, -0.15) is 0 Å². The number of rotatable bonds is 3. The van der Waals surface area contributed by atoms with Crippen molar-refractivity contribution < 1.29 is 14.3 Å². The van der Waals surface area contributed by atoms with Crippen LogP contribution in [0.25, 0.3) is 0 Å². The number of ketones is 1. The van der Waals surface area contributed by atoms with Gasteiger partial charge in [0.25, 0.3) is 0 Å². The van der Waals surface area contributed by atoms with Crippen molar-refractivity contribution in [2.75, 3.05) is 20.2 Å². The van der Waals surface area contributed by atoms with E-state index in [0.29, 0.717) is 23.7 Å². The maximum Gasteiger partial charge on any atom is 0.180 e. The Morgan fingerprint density at radius 1 is 1.28 bits per heavy atom. The second-order valence-electron chi connectivity index (χ2n) is 10.9. The van der Waals surface area contributed by atoms with Crippen molar-refractivity contribution >= 4 is 5.78 Å². The summed E-state index contributed by atoms with van der Waals surface area (Å²) in [7, 11) is 1.71. The fourth-order valence-electron chi connectivity index (χ4n) is 7.54. The third-order valence-corrected chi connectivity index (χ3v) is 9.58. The molecule has 1 spiro atoms. The van der Waals surface area contributed by atoms with Crippen molar-refractivity contribution in [2.24, 2.45) is 23.2 Å². The highest BCUT2D eigenvalue weighted by Gasteiger charge is 2.71. The summed E-state index contributed by atoms with van der Waals surface area (Å²) in [5.41, 5.74) is 2.19. The van der Waals surface area contributed by atoms with Crippen LogP contribution >= 0.6 is 0 Å². The van der Waals surface area contributed by atoms with Gasteiger partial charge in [-0.05, 0) is 61.6 Å². The average Bonchev–Trinajstić information content (AvgIpc) is 3.00. The molecule has 2 saturated carbocycles. The quantitative estimate of drug-likeness (QED) is 0.776. The van der Waals surface area contributed by atoms with Gasteiger partial charge in [0.1, 0.15) is 0 Å². The molecule has 156 valence electrons. The van der Waals surface area contributed by atoms with Gasteiger partial charge in [-0.1, -0.05) is 33.3 Å². The molecule has 0 radical (unpaired) electrons. The topological polar surface area (TPSA) is 38.8 Å². The number of benzene rings is 1. The van der Waals surface area contributed by atoms with E-state index in [9.17, 15) is 4.79 Å². The Morgan fingerprint density at radius 2 is 2.07 bits per heavy atom. The van der Waals surface area contributed by atoms with Crippen molar-refractivity contribution in [1.82, 2.24) is 4.90 Å². The van der Waals surface area contributed by atoms with Gasteiger partial charge < -0.3 is 9.47 Å². The van der Waals surface area contributed by atoms with Gasteiger partial charge >= 0.3 is 0 Å². The zero-order valence-corrected chi connectivity index (χ0v) is 18.2. The smallest absolute Gasteiger partial charge is 0.180 e. The van der Waals surface area contributed by atoms with Gasteiger partial charge in [0, 0.05) is 29.0 Å². The molecule has 1 saturated heterocycles. The standard InChI is InChI=1S/C25H33NO3/c1-14-19-17-12-16-8-9-18(28-4)21-20(16)25(19,23(29-21)22(27)24(14,2)3)10-11-26(17)13-15-6-5-7-15/h8-9,14-15,17,19,23H,5-7,10-13H2,1-4H3/t14-,17-,19+,23+,25+/m1/s1. The normalized spacial score (nSPS) is 39.5. The predicted molar refractivity (Wildman–Crippen MR) is 112 cm³/mol. The molecule has 5 aliphatic rings. The van der Waals surface area contributed by atoms with Crippen LogP contribution in [0.3, 0.4) is 0 Å². The van der Waals surface area contributed by atoms with Crippen LogP contribution in [0.4, 0.5) is 0 Å². The van der Waals surface area contributed by atoms with Crippen LogP contribution in [-0.2, 0) is 16.6 Å². The van der Waals surface area contributed by atoms with E-state index in [0.717, 1.165) is 36.8 Å².